The smallest absolute Gasteiger partial charge is 0.247 e. The first kappa shape index (κ1) is 14.3. The standard InChI is InChI=1S/C14H19BrN2O2/c1-14(2)9-16(3)13(19)12(8-18)17(14)11-6-4-10(15)5-7-11/h4-7,12,18H,8-9H2,1-3H3. The van der Waals surface area contributed by atoms with Crippen molar-refractivity contribution in [3.8, 4) is 0 Å². The number of aliphatic hydroxyl groups excluding tert-OH is 1. The van der Waals surface area contributed by atoms with Gasteiger partial charge in [0.15, 0.2) is 0 Å². The van der Waals surface area contributed by atoms with Crippen LogP contribution in [0.5, 0.6) is 0 Å². The lowest BCUT2D eigenvalue weighted by Gasteiger charge is -2.51. The third-order valence-corrected chi connectivity index (χ3v) is 4.06. The van der Waals surface area contributed by atoms with Crippen molar-refractivity contribution < 1.29 is 9.90 Å². The second-order valence-corrected chi connectivity index (χ2v) is 6.47. The topological polar surface area (TPSA) is 43.8 Å². The van der Waals surface area contributed by atoms with Crippen molar-refractivity contribution in [2.45, 2.75) is 25.4 Å². The Balaban J connectivity index is 2.43. The van der Waals surface area contributed by atoms with E-state index >= 15 is 0 Å². The van der Waals surface area contributed by atoms with E-state index in [-0.39, 0.29) is 18.1 Å². The molecule has 4 nitrogen and oxygen atoms in total. The molecule has 0 spiro atoms. The van der Waals surface area contributed by atoms with Crippen molar-refractivity contribution in [2.75, 3.05) is 25.1 Å². The fourth-order valence-electron chi connectivity index (χ4n) is 2.81. The molecular weight excluding hydrogens is 308 g/mol. The molecular formula is C14H19BrN2O2. The van der Waals surface area contributed by atoms with Gasteiger partial charge in [-0.25, -0.2) is 0 Å². The van der Waals surface area contributed by atoms with E-state index in [0.717, 1.165) is 10.2 Å². The minimum absolute atomic E-state index is 0.0373. The van der Waals surface area contributed by atoms with E-state index < -0.39 is 6.04 Å². The fraction of sp³-hybridized carbons (Fsp3) is 0.500. The summed E-state index contributed by atoms with van der Waals surface area (Å²) in [5.41, 5.74) is 0.734. The van der Waals surface area contributed by atoms with E-state index in [0.29, 0.717) is 6.54 Å². The Morgan fingerprint density at radius 1 is 1.37 bits per heavy atom. The number of aliphatic hydroxyl groups is 1. The lowest BCUT2D eigenvalue weighted by atomic mass is 9.93. The molecule has 0 aromatic heterocycles. The number of anilines is 1. The first-order valence-electron chi connectivity index (χ1n) is 6.27. The molecule has 0 saturated carbocycles. The van der Waals surface area contributed by atoms with Crippen LogP contribution in [0.1, 0.15) is 13.8 Å². The van der Waals surface area contributed by atoms with Gasteiger partial charge in [0.05, 0.1) is 12.1 Å². The summed E-state index contributed by atoms with van der Waals surface area (Å²) in [4.78, 5) is 15.9. The highest BCUT2D eigenvalue weighted by Gasteiger charge is 2.43. The summed E-state index contributed by atoms with van der Waals surface area (Å²) in [5.74, 6) is -0.0373. The summed E-state index contributed by atoms with van der Waals surface area (Å²) in [5, 5.41) is 9.60. The SMILES string of the molecule is CN1CC(C)(C)N(c2ccc(Br)cc2)C(CO)C1=O. The summed E-state index contributed by atoms with van der Waals surface area (Å²) < 4.78 is 0.995. The van der Waals surface area contributed by atoms with Crippen LogP contribution < -0.4 is 4.90 Å². The summed E-state index contributed by atoms with van der Waals surface area (Å²) >= 11 is 3.41. The zero-order chi connectivity index (χ0) is 14.2. The van der Waals surface area contributed by atoms with Gasteiger partial charge in [0.1, 0.15) is 6.04 Å². The fourth-order valence-corrected chi connectivity index (χ4v) is 3.08. The number of halogens is 1. The average Bonchev–Trinajstić information content (AvgIpc) is 2.34. The molecule has 1 aliphatic rings. The number of piperazine rings is 1. The Labute approximate surface area is 122 Å². The van der Waals surface area contributed by atoms with Crippen LogP contribution in [0.4, 0.5) is 5.69 Å². The van der Waals surface area contributed by atoms with E-state index in [1.54, 1.807) is 11.9 Å². The van der Waals surface area contributed by atoms with E-state index in [4.69, 9.17) is 0 Å². The molecule has 104 valence electrons. The molecule has 1 heterocycles. The summed E-state index contributed by atoms with van der Waals surface area (Å²) in [6.45, 7) is 4.63. The number of likely N-dealkylation sites (N-methyl/N-ethyl adjacent to an activating group) is 1. The van der Waals surface area contributed by atoms with Crippen LogP contribution in [0, 0.1) is 0 Å². The highest BCUT2D eigenvalue weighted by molar-refractivity contribution is 9.10. The van der Waals surface area contributed by atoms with Crippen LogP contribution in [0.3, 0.4) is 0 Å². The maximum atomic E-state index is 12.2. The maximum Gasteiger partial charge on any atom is 0.247 e. The molecule has 1 unspecified atom stereocenters. The highest BCUT2D eigenvalue weighted by Crippen LogP contribution is 2.32. The Kier molecular flexibility index (Phi) is 3.87. The minimum Gasteiger partial charge on any atom is -0.394 e. The third-order valence-electron chi connectivity index (χ3n) is 3.53. The van der Waals surface area contributed by atoms with Crippen molar-refractivity contribution in [3.63, 3.8) is 0 Å². The normalized spacial score (nSPS) is 22.8. The van der Waals surface area contributed by atoms with Gasteiger partial charge >= 0.3 is 0 Å². The van der Waals surface area contributed by atoms with Gasteiger partial charge in [-0.2, -0.15) is 0 Å². The Morgan fingerprint density at radius 3 is 2.47 bits per heavy atom. The van der Waals surface area contributed by atoms with Crippen molar-refractivity contribution in [2.24, 2.45) is 0 Å². The van der Waals surface area contributed by atoms with Gasteiger partial charge in [0, 0.05) is 23.8 Å². The van der Waals surface area contributed by atoms with Crippen LogP contribution in [0.15, 0.2) is 28.7 Å². The average molecular weight is 327 g/mol. The monoisotopic (exact) mass is 326 g/mol. The van der Waals surface area contributed by atoms with Gasteiger partial charge in [-0.1, -0.05) is 15.9 Å². The van der Waals surface area contributed by atoms with Crippen LogP contribution in [0.25, 0.3) is 0 Å². The van der Waals surface area contributed by atoms with Crippen LogP contribution in [-0.4, -0.2) is 47.7 Å². The van der Waals surface area contributed by atoms with Crippen LogP contribution in [-0.2, 0) is 4.79 Å². The summed E-state index contributed by atoms with van der Waals surface area (Å²) in [6, 6.07) is 7.31. The van der Waals surface area contributed by atoms with Gasteiger partial charge in [0.25, 0.3) is 0 Å². The van der Waals surface area contributed by atoms with E-state index in [2.05, 4.69) is 29.8 Å². The third kappa shape index (κ3) is 2.62. The molecule has 1 saturated heterocycles. The number of carbonyl (C=O) groups is 1. The Bertz CT molecular complexity index is 473. The number of benzene rings is 1. The molecule has 0 aliphatic carbocycles. The zero-order valence-electron chi connectivity index (χ0n) is 11.4. The molecule has 1 N–H and O–H groups in total. The zero-order valence-corrected chi connectivity index (χ0v) is 13.0. The lowest BCUT2D eigenvalue weighted by Crippen LogP contribution is -2.67. The molecule has 0 radical (unpaired) electrons. The van der Waals surface area contributed by atoms with E-state index in [1.165, 1.54) is 0 Å². The number of nitrogens with zero attached hydrogens (tertiary/aromatic N) is 2. The number of carbonyl (C=O) groups excluding carboxylic acids is 1. The van der Waals surface area contributed by atoms with E-state index in [1.807, 2.05) is 29.2 Å². The second kappa shape index (κ2) is 5.13. The van der Waals surface area contributed by atoms with E-state index in [9.17, 15) is 9.90 Å². The molecule has 5 heteroatoms. The predicted molar refractivity (Wildman–Crippen MR) is 79.2 cm³/mol. The minimum atomic E-state index is -0.519. The molecule has 1 aromatic carbocycles. The quantitative estimate of drug-likeness (QED) is 0.902. The van der Waals surface area contributed by atoms with Gasteiger partial charge in [-0.15, -0.1) is 0 Å². The van der Waals surface area contributed by atoms with Crippen LogP contribution >= 0.6 is 15.9 Å². The first-order chi connectivity index (χ1) is 8.86. The Hall–Kier alpha value is -1.07. The summed E-state index contributed by atoms with van der Waals surface area (Å²) in [6.07, 6.45) is 0. The van der Waals surface area contributed by atoms with Gasteiger partial charge in [-0.05, 0) is 38.1 Å². The molecule has 1 amide bonds. The molecule has 1 fully saturated rings. The molecule has 19 heavy (non-hydrogen) atoms. The van der Waals surface area contributed by atoms with Crippen molar-refractivity contribution >= 4 is 27.5 Å². The summed E-state index contributed by atoms with van der Waals surface area (Å²) in [7, 11) is 1.78. The van der Waals surface area contributed by atoms with Crippen molar-refractivity contribution in [3.05, 3.63) is 28.7 Å². The largest absolute Gasteiger partial charge is 0.394 e. The van der Waals surface area contributed by atoms with Gasteiger partial charge < -0.3 is 14.9 Å². The van der Waals surface area contributed by atoms with Crippen molar-refractivity contribution in [1.29, 1.82) is 0 Å². The van der Waals surface area contributed by atoms with Crippen LogP contribution in [0.2, 0.25) is 0 Å². The molecule has 0 bridgehead atoms. The number of rotatable bonds is 2. The Morgan fingerprint density at radius 2 is 1.95 bits per heavy atom. The first-order valence-corrected chi connectivity index (χ1v) is 7.07. The molecule has 1 atom stereocenters. The van der Waals surface area contributed by atoms with Crippen molar-refractivity contribution in [1.82, 2.24) is 4.90 Å². The predicted octanol–water partition coefficient (Wildman–Crippen LogP) is 1.87. The number of amides is 1. The number of hydrogen-bond acceptors (Lipinski definition) is 3. The second-order valence-electron chi connectivity index (χ2n) is 5.55. The maximum absolute atomic E-state index is 12.2. The lowest BCUT2D eigenvalue weighted by molar-refractivity contribution is -0.136. The molecule has 1 aromatic rings. The number of hydrogen-bond donors (Lipinski definition) is 1. The molecule has 1 aliphatic heterocycles. The van der Waals surface area contributed by atoms with Gasteiger partial charge in [0.2, 0.25) is 5.91 Å². The van der Waals surface area contributed by atoms with Gasteiger partial charge in [-0.3, -0.25) is 4.79 Å². The molecule has 2 rings (SSSR count). The highest BCUT2D eigenvalue weighted by atomic mass is 79.9.